The third-order valence-corrected chi connectivity index (χ3v) is 5.67. The molecule has 1 heterocycles. The van der Waals surface area contributed by atoms with Crippen molar-refractivity contribution < 1.29 is 14.3 Å². The monoisotopic (exact) mass is 369 g/mol. The van der Waals surface area contributed by atoms with Gasteiger partial charge in [-0.3, -0.25) is 0 Å². The van der Waals surface area contributed by atoms with E-state index >= 15 is 0 Å². The molecule has 0 aromatic heterocycles. The highest BCUT2D eigenvalue weighted by molar-refractivity contribution is 5.92. The number of hydrogen-bond acceptors (Lipinski definition) is 4. The van der Waals surface area contributed by atoms with Gasteiger partial charge in [-0.2, -0.15) is 5.26 Å². The lowest BCUT2D eigenvalue weighted by Crippen LogP contribution is -2.56. The number of nitriles is 1. The second kappa shape index (κ2) is 8.90. The first kappa shape index (κ1) is 19.2. The van der Waals surface area contributed by atoms with Gasteiger partial charge in [0.05, 0.1) is 24.3 Å². The van der Waals surface area contributed by atoms with E-state index in [-0.39, 0.29) is 12.1 Å². The minimum Gasteiger partial charge on any atom is -0.449 e. The minimum absolute atomic E-state index is 0.169. The number of carbonyl (C=O) groups is 2. The number of imide groups is 1. The first-order valence-electron chi connectivity index (χ1n) is 9.89. The smallest absolute Gasteiger partial charge is 0.418 e. The summed E-state index contributed by atoms with van der Waals surface area (Å²) in [6.07, 6.45) is 6.60. The number of nitrogens with one attached hydrogen (secondary N) is 1. The number of nitrogens with zero attached hydrogens (tertiary/aromatic N) is 2. The molecule has 2 fully saturated rings. The molecule has 1 aromatic rings. The highest BCUT2D eigenvalue weighted by atomic mass is 16.6. The van der Waals surface area contributed by atoms with E-state index in [1.165, 1.54) is 24.2 Å². The molecule has 2 unspecified atom stereocenters. The van der Waals surface area contributed by atoms with Gasteiger partial charge in [0.1, 0.15) is 0 Å². The lowest BCUT2D eigenvalue weighted by atomic mass is 9.90. The second-order valence-electron chi connectivity index (χ2n) is 7.48. The van der Waals surface area contributed by atoms with Crippen LogP contribution in [0, 0.1) is 17.2 Å². The van der Waals surface area contributed by atoms with Gasteiger partial charge in [-0.05, 0) is 49.3 Å². The Morgan fingerprint density at radius 1 is 1.26 bits per heavy atom. The van der Waals surface area contributed by atoms with Crippen LogP contribution in [-0.2, 0) is 4.74 Å². The highest BCUT2D eigenvalue weighted by Crippen LogP contribution is 2.29. The van der Waals surface area contributed by atoms with Crippen LogP contribution in [-0.4, -0.2) is 29.7 Å². The van der Waals surface area contributed by atoms with Crippen molar-refractivity contribution in [1.29, 1.82) is 5.26 Å². The van der Waals surface area contributed by atoms with E-state index in [0.717, 1.165) is 18.4 Å². The summed E-state index contributed by atoms with van der Waals surface area (Å²) in [5.74, 6) is 0.419. The molecule has 2 atom stereocenters. The van der Waals surface area contributed by atoms with Crippen molar-refractivity contribution in [2.24, 2.45) is 5.92 Å². The summed E-state index contributed by atoms with van der Waals surface area (Å²) in [5, 5.41) is 11.8. The summed E-state index contributed by atoms with van der Waals surface area (Å²) in [6, 6.07) is 8.52. The molecule has 3 rings (SSSR count). The number of ether oxygens (including phenoxy) is 1. The van der Waals surface area contributed by atoms with E-state index in [9.17, 15) is 9.59 Å². The van der Waals surface area contributed by atoms with Crippen LogP contribution in [0.5, 0.6) is 0 Å². The van der Waals surface area contributed by atoms with Gasteiger partial charge >= 0.3 is 12.1 Å². The average Bonchev–Trinajstić information content (AvgIpc) is 2.72. The van der Waals surface area contributed by atoms with E-state index in [0.29, 0.717) is 30.9 Å². The molecule has 0 bridgehead atoms. The van der Waals surface area contributed by atoms with Crippen LogP contribution in [0.3, 0.4) is 0 Å². The van der Waals surface area contributed by atoms with Crippen molar-refractivity contribution in [1.82, 2.24) is 10.2 Å². The number of amides is 3. The predicted octanol–water partition coefficient (Wildman–Crippen LogP) is 4.51. The maximum absolute atomic E-state index is 12.6. The van der Waals surface area contributed by atoms with E-state index in [1.807, 2.05) is 19.1 Å². The molecule has 27 heavy (non-hydrogen) atoms. The summed E-state index contributed by atoms with van der Waals surface area (Å²) < 4.78 is 5.48. The molecule has 6 heteroatoms. The van der Waals surface area contributed by atoms with Crippen LogP contribution in [0.1, 0.15) is 69.0 Å². The minimum atomic E-state index is -0.539. The zero-order chi connectivity index (χ0) is 19.2. The van der Waals surface area contributed by atoms with Crippen LogP contribution in [0.2, 0.25) is 0 Å². The number of benzene rings is 1. The molecule has 144 valence electrons. The van der Waals surface area contributed by atoms with Crippen molar-refractivity contribution in [2.45, 2.75) is 64.0 Å². The molecule has 1 saturated heterocycles. The normalized spacial score (nSPS) is 23.4. The molecule has 6 nitrogen and oxygen atoms in total. The predicted molar refractivity (Wildman–Crippen MR) is 101 cm³/mol. The van der Waals surface area contributed by atoms with Gasteiger partial charge in [-0.25, -0.2) is 14.5 Å². The SMILES string of the molecule is CCC1CC(c2ccc(C#N)cc2)NC(=O)N1C(=O)OCC1CCCCC1. The second-order valence-corrected chi connectivity index (χ2v) is 7.48. The lowest BCUT2D eigenvalue weighted by Gasteiger charge is -2.38. The molecular formula is C21H27N3O3. The first-order chi connectivity index (χ1) is 13.1. The van der Waals surface area contributed by atoms with Crippen molar-refractivity contribution in [3.8, 4) is 6.07 Å². The van der Waals surface area contributed by atoms with Crippen molar-refractivity contribution >= 4 is 12.1 Å². The third-order valence-electron chi connectivity index (χ3n) is 5.67. The van der Waals surface area contributed by atoms with Crippen molar-refractivity contribution in [3.63, 3.8) is 0 Å². The van der Waals surface area contributed by atoms with Gasteiger partial charge in [0, 0.05) is 6.04 Å². The Hall–Kier alpha value is -2.55. The van der Waals surface area contributed by atoms with E-state index in [4.69, 9.17) is 10.00 Å². The van der Waals surface area contributed by atoms with Crippen molar-refractivity contribution in [3.05, 3.63) is 35.4 Å². The number of carbonyl (C=O) groups excluding carboxylic acids is 2. The average molecular weight is 369 g/mol. The zero-order valence-electron chi connectivity index (χ0n) is 15.8. The topological polar surface area (TPSA) is 82.4 Å². The molecule has 2 aliphatic rings. The summed E-state index contributed by atoms with van der Waals surface area (Å²) in [7, 11) is 0. The summed E-state index contributed by atoms with van der Waals surface area (Å²) in [5.41, 5.74) is 1.52. The largest absolute Gasteiger partial charge is 0.449 e. The Morgan fingerprint density at radius 3 is 2.59 bits per heavy atom. The van der Waals surface area contributed by atoms with E-state index < -0.39 is 12.1 Å². The molecule has 1 aliphatic carbocycles. The maximum atomic E-state index is 12.6. The van der Waals surface area contributed by atoms with Crippen LogP contribution < -0.4 is 5.32 Å². The standard InChI is InChI=1S/C21H27N3O3/c1-2-18-12-19(17-10-8-15(13-22)9-11-17)23-20(25)24(18)21(26)27-14-16-6-4-3-5-7-16/h8-11,16,18-19H,2-7,12,14H2,1H3,(H,23,25). The molecule has 0 radical (unpaired) electrons. The molecule has 0 spiro atoms. The Bertz CT molecular complexity index is 704. The number of hydrogen-bond donors (Lipinski definition) is 1. The Balaban J connectivity index is 1.62. The van der Waals surface area contributed by atoms with Crippen molar-refractivity contribution in [2.75, 3.05) is 6.61 Å². The van der Waals surface area contributed by atoms with E-state index in [1.54, 1.807) is 12.1 Å². The number of rotatable bonds is 4. The van der Waals surface area contributed by atoms with Gasteiger partial charge in [0.2, 0.25) is 0 Å². The molecule has 1 saturated carbocycles. The Morgan fingerprint density at radius 2 is 1.96 bits per heavy atom. The fourth-order valence-electron chi connectivity index (χ4n) is 4.02. The van der Waals surface area contributed by atoms with Gasteiger partial charge in [-0.1, -0.05) is 38.3 Å². The first-order valence-corrected chi connectivity index (χ1v) is 9.89. The molecule has 1 aliphatic heterocycles. The van der Waals surface area contributed by atoms with Crippen LogP contribution in [0.15, 0.2) is 24.3 Å². The third kappa shape index (κ3) is 4.60. The van der Waals surface area contributed by atoms with Gasteiger partial charge in [-0.15, -0.1) is 0 Å². The number of urea groups is 1. The zero-order valence-corrected chi connectivity index (χ0v) is 15.8. The Kier molecular flexibility index (Phi) is 6.33. The fraction of sp³-hybridized carbons (Fsp3) is 0.571. The quantitative estimate of drug-likeness (QED) is 0.846. The Labute approximate surface area is 160 Å². The summed E-state index contributed by atoms with van der Waals surface area (Å²) in [6.45, 7) is 2.37. The maximum Gasteiger partial charge on any atom is 0.418 e. The fourth-order valence-corrected chi connectivity index (χ4v) is 4.02. The highest BCUT2D eigenvalue weighted by Gasteiger charge is 2.38. The van der Waals surface area contributed by atoms with Crippen LogP contribution in [0.4, 0.5) is 9.59 Å². The van der Waals surface area contributed by atoms with Gasteiger partial charge in [0.25, 0.3) is 0 Å². The van der Waals surface area contributed by atoms with Gasteiger partial charge in [0.15, 0.2) is 0 Å². The molecule has 1 aromatic carbocycles. The summed E-state index contributed by atoms with van der Waals surface area (Å²) >= 11 is 0. The molecule has 3 amide bonds. The molecule has 1 N–H and O–H groups in total. The molecular weight excluding hydrogens is 342 g/mol. The lowest BCUT2D eigenvalue weighted by molar-refractivity contribution is 0.0665. The summed E-state index contributed by atoms with van der Waals surface area (Å²) in [4.78, 5) is 26.4. The van der Waals surface area contributed by atoms with Crippen LogP contribution >= 0.6 is 0 Å². The van der Waals surface area contributed by atoms with E-state index in [2.05, 4.69) is 11.4 Å². The van der Waals surface area contributed by atoms with Crippen LogP contribution in [0.25, 0.3) is 0 Å². The van der Waals surface area contributed by atoms with Gasteiger partial charge < -0.3 is 10.1 Å².